The second-order valence-corrected chi connectivity index (χ2v) is 18.3. The number of aliphatic hydroxyl groups is 7. The summed E-state index contributed by atoms with van der Waals surface area (Å²) in [5.41, 5.74) is 0. The van der Waals surface area contributed by atoms with E-state index in [1.807, 2.05) is 0 Å². The molecule has 2 aliphatic heterocycles. The van der Waals surface area contributed by atoms with Crippen LogP contribution in [0.2, 0.25) is 0 Å². The van der Waals surface area contributed by atoms with Gasteiger partial charge in [-0.05, 0) is 70.6 Å². The first-order chi connectivity index (χ1) is 32.5. The first kappa shape index (κ1) is 60.8. The highest BCUT2D eigenvalue weighted by molar-refractivity contribution is 5.70. The molecular weight excluding hydrogens is 865 g/mol. The van der Waals surface area contributed by atoms with E-state index < -0.39 is 92.7 Å². The minimum atomic E-state index is -1.77. The second-order valence-electron chi connectivity index (χ2n) is 18.3. The molecule has 2 heterocycles. The number of hydrogen-bond acceptors (Lipinski definition) is 15. The van der Waals surface area contributed by atoms with Crippen LogP contribution in [0.15, 0.2) is 36.5 Å². The van der Waals surface area contributed by atoms with Crippen LogP contribution in [-0.2, 0) is 38.0 Å². The number of carbonyl (C=O) groups excluding carboxylic acids is 2. The largest absolute Gasteiger partial charge is 0.462 e. The lowest BCUT2D eigenvalue weighted by molar-refractivity contribution is -0.332. The summed E-state index contributed by atoms with van der Waals surface area (Å²) in [6, 6.07) is 0. The van der Waals surface area contributed by atoms with E-state index in [-0.39, 0.29) is 26.1 Å². The topological polar surface area (TPSA) is 231 Å². The summed E-state index contributed by atoms with van der Waals surface area (Å²) < 4.78 is 33.6. The Hall–Kier alpha value is -2.28. The number of unbranched alkanes of at least 4 members (excludes halogenated alkanes) is 20. The summed E-state index contributed by atoms with van der Waals surface area (Å²) in [6.45, 7) is 2.53. The van der Waals surface area contributed by atoms with Gasteiger partial charge in [0.2, 0.25) is 0 Å². The number of rotatable bonds is 40. The summed E-state index contributed by atoms with van der Waals surface area (Å²) in [5, 5.41) is 72.0. The zero-order valence-electron chi connectivity index (χ0n) is 41.1. The Kier molecular flexibility index (Phi) is 35.8. The first-order valence-corrected chi connectivity index (χ1v) is 26.1. The summed E-state index contributed by atoms with van der Waals surface area (Å²) in [6.07, 6.45) is 24.6. The highest BCUT2D eigenvalue weighted by atomic mass is 16.7. The maximum Gasteiger partial charge on any atom is 0.306 e. The molecule has 0 saturated carbocycles. The van der Waals surface area contributed by atoms with E-state index in [2.05, 4.69) is 50.3 Å². The maximum atomic E-state index is 13.0. The molecule has 2 fully saturated rings. The fourth-order valence-electron chi connectivity index (χ4n) is 8.01. The number of carbonyl (C=O) groups is 2. The van der Waals surface area contributed by atoms with E-state index in [9.17, 15) is 45.3 Å². The van der Waals surface area contributed by atoms with Gasteiger partial charge < -0.3 is 64.2 Å². The van der Waals surface area contributed by atoms with Gasteiger partial charge in [-0.1, -0.05) is 140 Å². The van der Waals surface area contributed by atoms with Gasteiger partial charge in [0.05, 0.1) is 19.8 Å². The first-order valence-electron chi connectivity index (χ1n) is 26.1. The van der Waals surface area contributed by atoms with Gasteiger partial charge in [-0.25, -0.2) is 0 Å². The van der Waals surface area contributed by atoms with Crippen molar-refractivity contribution in [2.75, 3.05) is 26.4 Å². The van der Waals surface area contributed by atoms with Crippen molar-refractivity contribution in [1.82, 2.24) is 0 Å². The number of hydrogen-bond donors (Lipinski definition) is 7. The fourth-order valence-corrected chi connectivity index (χ4v) is 8.01. The third kappa shape index (κ3) is 27.6. The van der Waals surface area contributed by atoms with Crippen LogP contribution in [0.5, 0.6) is 0 Å². The Morgan fingerprint density at radius 2 is 0.896 bits per heavy atom. The van der Waals surface area contributed by atoms with E-state index in [1.54, 1.807) is 0 Å². The van der Waals surface area contributed by atoms with E-state index in [4.69, 9.17) is 28.4 Å². The highest BCUT2D eigenvalue weighted by Crippen LogP contribution is 2.26. The Balaban J connectivity index is 1.78. The highest BCUT2D eigenvalue weighted by Gasteiger charge is 2.47. The minimum Gasteiger partial charge on any atom is -0.462 e. The summed E-state index contributed by atoms with van der Waals surface area (Å²) >= 11 is 0. The minimum absolute atomic E-state index is 0.154. The van der Waals surface area contributed by atoms with Crippen LogP contribution >= 0.6 is 0 Å². The average molecular weight is 957 g/mol. The van der Waals surface area contributed by atoms with Crippen molar-refractivity contribution in [2.45, 2.75) is 255 Å². The Bertz CT molecular complexity index is 1310. The third-order valence-corrected chi connectivity index (χ3v) is 12.3. The predicted molar refractivity (Wildman–Crippen MR) is 257 cm³/mol. The van der Waals surface area contributed by atoms with Gasteiger partial charge in [0, 0.05) is 12.8 Å². The van der Waals surface area contributed by atoms with Crippen LogP contribution in [0.25, 0.3) is 0 Å². The van der Waals surface area contributed by atoms with Gasteiger partial charge in [0.25, 0.3) is 0 Å². The van der Waals surface area contributed by atoms with E-state index in [0.29, 0.717) is 12.8 Å². The molecule has 0 aromatic carbocycles. The van der Waals surface area contributed by atoms with Crippen LogP contribution in [0.1, 0.15) is 187 Å². The second kappa shape index (κ2) is 39.4. The summed E-state index contributed by atoms with van der Waals surface area (Å²) in [4.78, 5) is 25.7. The molecule has 7 N–H and O–H groups in total. The molecule has 0 aromatic rings. The Morgan fingerprint density at radius 1 is 0.478 bits per heavy atom. The molecule has 390 valence electrons. The molecule has 15 heteroatoms. The van der Waals surface area contributed by atoms with Crippen molar-refractivity contribution in [1.29, 1.82) is 0 Å². The van der Waals surface area contributed by atoms with Gasteiger partial charge in [-0.2, -0.15) is 0 Å². The van der Waals surface area contributed by atoms with Crippen molar-refractivity contribution >= 4 is 11.9 Å². The zero-order valence-corrected chi connectivity index (χ0v) is 41.1. The predicted octanol–water partition coefficient (Wildman–Crippen LogP) is 7.32. The third-order valence-electron chi connectivity index (χ3n) is 12.3. The lowest BCUT2D eigenvalue weighted by Crippen LogP contribution is -2.61. The number of allylic oxidation sites excluding steroid dienone is 6. The lowest BCUT2D eigenvalue weighted by atomic mass is 9.98. The van der Waals surface area contributed by atoms with Gasteiger partial charge in [-0.15, -0.1) is 0 Å². The van der Waals surface area contributed by atoms with Crippen LogP contribution in [0, 0.1) is 0 Å². The van der Waals surface area contributed by atoms with Crippen LogP contribution in [0.4, 0.5) is 0 Å². The molecule has 2 saturated heterocycles. The van der Waals surface area contributed by atoms with Crippen LogP contribution in [-0.4, -0.2) is 142 Å². The lowest BCUT2D eigenvalue weighted by Gasteiger charge is -2.42. The molecule has 0 aromatic heterocycles. The van der Waals surface area contributed by atoms with Crippen molar-refractivity contribution < 1.29 is 73.8 Å². The molecule has 4 unspecified atom stereocenters. The van der Waals surface area contributed by atoms with E-state index >= 15 is 0 Å². The molecule has 2 aliphatic rings. The van der Waals surface area contributed by atoms with Gasteiger partial charge in [-0.3, -0.25) is 9.59 Å². The smallest absolute Gasteiger partial charge is 0.306 e. The molecule has 0 bridgehead atoms. The van der Waals surface area contributed by atoms with Crippen molar-refractivity contribution in [3.63, 3.8) is 0 Å². The normalized spacial score (nSPS) is 26.2. The van der Waals surface area contributed by atoms with Crippen molar-refractivity contribution in [3.8, 4) is 0 Å². The van der Waals surface area contributed by atoms with E-state index in [0.717, 1.165) is 70.6 Å². The van der Waals surface area contributed by atoms with Gasteiger partial charge in [0.15, 0.2) is 18.7 Å². The van der Waals surface area contributed by atoms with Crippen molar-refractivity contribution in [2.24, 2.45) is 0 Å². The zero-order chi connectivity index (χ0) is 48.9. The Labute approximate surface area is 402 Å². The Morgan fingerprint density at radius 3 is 1.40 bits per heavy atom. The SMILES string of the molecule is CCCCC/C=C/C/C=C/CCCCCCCCCCCC(=O)OC[C@@H](CO[C@@H]1O[C@H](CO[C@@H]2O[C@H](CO)[C@H](O)C(O)C2O)[C@H](O)C(O)C1O)OC(=O)CCCCCCC/C=C/CCCCC. The molecule has 0 amide bonds. The maximum absolute atomic E-state index is 13.0. The number of aliphatic hydroxyl groups excluding tert-OH is 7. The number of ether oxygens (including phenoxy) is 6. The average Bonchev–Trinajstić information content (AvgIpc) is 3.32. The number of esters is 2. The molecule has 15 nitrogen and oxygen atoms in total. The van der Waals surface area contributed by atoms with E-state index in [1.165, 1.54) is 77.0 Å². The summed E-state index contributed by atoms with van der Waals surface area (Å²) in [7, 11) is 0. The molecule has 0 radical (unpaired) electrons. The molecule has 11 atom stereocenters. The molecule has 0 spiro atoms. The molecule has 0 aliphatic carbocycles. The quantitative estimate of drug-likeness (QED) is 0.0181. The monoisotopic (exact) mass is 957 g/mol. The van der Waals surface area contributed by atoms with Crippen LogP contribution < -0.4 is 0 Å². The summed E-state index contributed by atoms with van der Waals surface area (Å²) in [5.74, 6) is -0.939. The van der Waals surface area contributed by atoms with Crippen LogP contribution in [0.3, 0.4) is 0 Å². The molecular formula is C52H92O15. The molecule has 67 heavy (non-hydrogen) atoms. The van der Waals surface area contributed by atoms with Crippen molar-refractivity contribution in [3.05, 3.63) is 36.5 Å². The molecule has 2 rings (SSSR count). The fraction of sp³-hybridized carbons (Fsp3) is 0.846. The van der Waals surface area contributed by atoms with Gasteiger partial charge in [0.1, 0.15) is 55.4 Å². The van der Waals surface area contributed by atoms with Gasteiger partial charge >= 0.3 is 11.9 Å². The standard InChI is InChI=1S/C52H92O15/c1-3-5-7-9-11-13-15-17-18-19-20-21-22-23-25-26-28-30-32-34-43(54)62-37-40(65-44(55)35-33-31-29-27-24-16-14-12-10-8-6-4-2)38-63-51-50(61)48(59)46(57)42(67-51)39-64-52-49(60)47(58)45(56)41(36-53)66-52/h11-14,17-18,40-42,45-53,56-61H,3-10,15-16,19-39H2,1-2H3/b13-11+,14-12+,18-17+/t40-,41+,42+,45-,46-,47?,48?,49?,50?,51+,52+/m0/s1.